The summed E-state index contributed by atoms with van der Waals surface area (Å²) in [6, 6.07) is 15.5. The second-order valence-corrected chi connectivity index (χ2v) is 7.12. The first-order valence-corrected chi connectivity index (χ1v) is 9.80. The molecule has 26 heavy (non-hydrogen) atoms. The number of hydroxylamine groups is 2. The van der Waals surface area contributed by atoms with Gasteiger partial charge in [-0.3, -0.25) is 0 Å². The minimum Gasteiger partial charge on any atom is -0.508 e. The van der Waals surface area contributed by atoms with Crippen LogP contribution in [-0.2, 0) is 6.54 Å². The van der Waals surface area contributed by atoms with E-state index in [1.807, 2.05) is 30.3 Å². The number of rotatable bonds is 8. The van der Waals surface area contributed by atoms with Crippen molar-refractivity contribution in [1.82, 2.24) is 5.06 Å². The molecule has 0 bridgehead atoms. The molecule has 2 aromatic carbocycles. The van der Waals surface area contributed by atoms with E-state index in [9.17, 15) is 10.3 Å². The van der Waals surface area contributed by atoms with Crippen molar-refractivity contribution in [3.63, 3.8) is 0 Å². The van der Waals surface area contributed by atoms with E-state index in [0.29, 0.717) is 6.54 Å². The van der Waals surface area contributed by atoms with Gasteiger partial charge in [0.15, 0.2) is 0 Å². The molecule has 140 valence electrons. The second kappa shape index (κ2) is 9.06. The van der Waals surface area contributed by atoms with Gasteiger partial charge in [0, 0.05) is 17.8 Å². The molecule has 0 radical (unpaired) electrons. The monoisotopic (exact) mass is 354 g/mol. The molecule has 1 unspecified atom stereocenters. The van der Waals surface area contributed by atoms with Gasteiger partial charge in [-0.1, -0.05) is 75.4 Å². The number of fused-ring (bicyclic) bond motifs is 1. The molecular weight excluding hydrogens is 324 g/mol. The van der Waals surface area contributed by atoms with E-state index in [4.69, 9.17) is 0 Å². The van der Waals surface area contributed by atoms with Crippen molar-refractivity contribution in [2.75, 3.05) is 11.4 Å². The number of unbranched alkanes of at least 4 members (excludes halogenated alkanes) is 5. The van der Waals surface area contributed by atoms with Crippen LogP contribution in [0, 0.1) is 0 Å². The third-order valence-corrected chi connectivity index (χ3v) is 5.18. The quantitative estimate of drug-likeness (QED) is 0.618. The zero-order valence-electron chi connectivity index (χ0n) is 15.6. The Kier molecular flexibility index (Phi) is 6.53. The van der Waals surface area contributed by atoms with Crippen molar-refractivity contribution < 1.29 is 10.3 Å². The summed E-state index contributed by atoms with van der Waals surface area (Å²) in [5.41, 5.74) is 3.02. The SMILES string of the molecule is CCCCCCCCN1c2ccccc2CN(O)C1c1ccccc1O. The predicted molar refractivity (Wildman–Crippen MR) is 105 cm³/mol. The molecule has 0 saturated carbocycles. The molecule has 0 aromatic heterocycles. The highest BCUT2D eigenvalue weighted by Crippen LogP contribution is 2.40. The highest BCUT2D eigenvalue weighted by molar-refractivity contribution is 5.58. The van der Waals surface area contributed by atoms with Crippen LogP contribution in [0.3, 0.4) is 0 Å². The Morgan fingerprint density at radius 3 is 2.42 bits per heavy atom. The molecule has 1 aliphatic rings. The van der Waals surface area contributed by atoms with Crippen molar-refractivity contribution in [3.05, 3.63) is 59.7 Å². The first kappa shape index (κ1) is 18.7. The summed E-state index contributed by atoms with van der Waals surface area (Å²) in [7, 11) is 0. The maximum atomic E-state index is 10.7. The minimum absolute atomic E-state index is 0.226. The molecule has 1 aliphatic heterocycles. The van der Waals surface area contributed by atoms with Crippen molar-refractivity contribution in [1.29, 1.82) is 0 Å². The lowest BCUT2D eigenvalue weighted by Crippen LogP contribution is -2.44. The molecule has 3 rings (SSSR count). The summed E-state index contributed by atoms with van der Waals surface area (Å²) in [5.74, 6) is 0.226. The molecule has 2 N–H and O–H groups in total. The number of anilines is 1. The van der Waals surface area contributed by atoms with Crippen LogP contribution in [0.4, 0.5) is 5.69 Å². The van der Waals surface area contributed by atoms with Crippen molar-refractivity contribution in [2.24, 2.45) is 0 Å². The van der Waals surface area contributed by atoms with Crippen LogP contribution in [-0.4, -0.2) is 21.9 Å². The molecule has 2 aromatic rings. The summed E-state index contributed by atoms with van der Waals surface area (Å²) in [6.07, 6.45) is 7.02. The van der Waals surface area contributed by atoms with Crippen LogP contribution in [0.1, 0.15) is 62.7 Å². The molecule has 4 heteroatoms. The summed E-state index contributed by atoms with van der Waals surface area (Å²) in [5, 5.41) is 22.4. The van der Waals surface area contributed by atoms with Gasteiger partial charge in [0.05, 0.1) is 6.54 Å². The Morgan fingerprint density at radius 1 is 0.923 bits per heavy atom. The van der Waals surface area contributed by atoms with Crippen LogP contribution in [0.5, 0.6) is 5.75 Å². The van der Waals surface area contributed by atoms with E-state index in [1.54, 1.807) is 6.07 Å². The highest BCUT2D eigenvalue weighted by Gasteiger charge is 2.33. The largest absolute Gasteiger partial charge is 0.508 e. The third-order valence-electron chi connectivity index (χ3n) is 5.18. The fraction of sp³-hybridized carbons (Fsp3) is 0.455. The summed E-state index contributed by atoms with van der Waals surface area (Å²) in [6.45, 7) is 3.55. The standard InChI is InChI=1S/C22H30N2O2/c1-2-3-4-5-6-11-16-23-20-14-9-7-12-18(20)17-24(26)22(23)19-13-8-10-15-21(19)25/h7-10,12-15,22,25-26H,2-6,11,16-17H2,1H3. The number of nitrogens with zero attached hydrogens (tertiary/aromatic N) is 2. The van der Waals surface area contributed by atoms with Crippen LogP contribution in [0.25, 0.3) is 0 Å². The maximum Gasteiger partial charge on any atom is 0.135 e. The van der Waals surface area contributed by atoms with Gasteiger partial charge in [-0.25, -0.2) is 0 Å². The van der Waals surface area contributed by atoms with E-state index >= 15 is 0 Å². The second-order valence-electron chi connectivity index (χ2n) is 7.12. The van der Waals surface area contributed by atoms with Crippen molar-refractivity contribution >= 4 is 5.69 Å². The minimum atomic E-state index is -0.359. The number of aromatic hydroxyl groups is 1. The van der Waals surface area contributed by atoms with Gasteiger partial charge in [0.25, 0.3) is 0 Å². The molecule has 0 amide bonds. The van der Waals surface area contributed by atoms with Crippen LogP contribution < -0.4 is 4.90 Å². The maximum absolute atomic E-state index is 10.7. The van der Waals surface area contributed by atoms with Crippen LogP contribution in [0.2, 0.25) is 0 Å². The summed E-state index contributed by atoms with van der Waals surface area (Å²) in [4.78, 5) is 2.23. The molecular formula is C22H30N2O2. The summed E-state index contributed by atoms with van der Waals surface area (Å²) >= 11 is 0. The number of hydrogen-bond donors (Lipinski definition) is 2. The van der Waals surface area contributed by atoms with Gasteiger partial charge >= 0.3 is 0 Å². The fourth-order valence-electron chi connectivity index (χ4n) is 3.82. The van der Waals surface area contributed by atoms with Gasteiger partial charge in [0.1, 0.15) is 11.9 Å². The Balaban J connectivity index is 1.81. The molecule has 1 atom stereocenters. The van der Waals surface area contributed by atoms with Crippen molar-refractivity contribution in [2.45, 2.75) is 58.2 Å². The zero-order valence-corrected chi connectivity index (χ0v) is 15.6. The van der Waals surface area contributed by atoms with Crippen molar-refractivity contribution in [3.8, 4) is 5.75 Å². The molecule has 0 fully saturated rings. The van der Waals surface area contributed by atoms with E-state index in [0.717, 1.165) is 29.8 Å². The van der Waals surface area contributed by atoms with E-state index in [-0.39, 0.29) is 11.9 Å². The Labute approximate surface area is 156 Å². The topological polar surface area (TPSA) is 46.9 Å². The first-order chi connectivity index (χ1) is 12.7. The Bertz CT molecular complexity index is 704. The highest BCUT2D eigenvalue weighted by atomic mass is 16.5. The molecule has 0 spiro atoms. The number of phenols is 1. The Hall–Kier alpha value is -2.04. The van der Waals surface area contributed by atoms with Gasteiger partial charge < -0.3 is 15.2 Å². The number of hydrogen-bond acceptors (Lipinski definition) is 4. The van der Waals surface area contributed by atoms with E-state index < -0.39 is 0 Å². The van der Waals surface area contributed by atoms with Crippen LogP contribution >= 0.6 is 0 Å². The average Bonchev–Trinajstić information content (AvgIpc) is 2.65. The van der Waals surface area contributed by atoms with Gasteiger partial charge in [-0.05, 0) is 24.1 Å². The number of benzene rings is 2. The van der Waals surface area contributed by atoms with Crippen LogP contribution in [0.15, 0.2) is 48.5 Å². The zero-order chi connectivity index (χ0) is 18.4. The van der Waals surface area contributed by atoms with E-state index in [1.165, 1.54) is 37.2 Å². The normalized spacial score (nSPS) is 17.3. The van der Waals surface area contributed by atoms with Gasteiger partial charge in [-0.15, -0.1) is 0 Å². The third kappa shape index (κ3) is 4.19. The summed E-state index contributed by atoms with van der Waals surface area (Å²) < 4.78 is 0. The average molecular weight is 354 g/mol. The van der Waals surface area contributed by atoms with Gasteiger partial charge in [0.2, 0.25) is 0 Å². The molecule has 0 aliphatic carbocycles. The smallest absolute Gasteiger partial charge is 0.135 e. The Morgan fingerprint density at radius 2 is 1.62 bits per heavy atom. The first-order valence-electron chi connectivity index (χ1n) is 9.80. The number of phenolic OH excluding ortho intramolecular Hbond substituents is 1. The molecule has 1 heterocycles. The number of para-hydroxylation sites is 2. The lowest BCUT2D eigenvalue weighted by Gasteiger charge is -2.43. The lowest BCUT2D eigenvalue weighted by atomic mass is 10.0. The predicted octanol–water partition coefficient (Wildman–Crippen LogP) is 5.46. The molecule has 0 saturated heterocycles. The van der Waals surface area contributed by atoms with E-state index in [2.05, 4.69) is 24.0 Å². The molecule has 4 nitrogen and oxygen atoms in total. The fourth-order valence-corrected chi connectivity index (χ4v) is 3.82. The van der Waals surface area contributed by atoms with Gasteiger partial charge in [-0.2, -0.15) is 5.06 Å². The lowest BCUT2D eigenvalue weighted by molar-refractivity contribution is -0.142.